The van der Waals surface area contributed by atoms with Crippen LogP contribution in [-0.2, 0) is 5.41 Å². The molecule has 10 rings (SSSR count). The van der Waals surface area contributed by atoms with Crippen molar-refractivity contribution in [1.82, 2.24) is 9.97 Å². The lowest BCUT2D eigenvalue weighted by Gasteiger charge is -2.34. The van der Waals surface area contributed by atoms with Gasteiger partial charge in [0.25, 0.3) is 0 Å². The Balaban J connectivity index is 1.09. The van der Waals surface area contributed by atoms with Crippen molar-refractivity contribution in [3.63, 3.8) is 0 Å². The van der Waals surface area contributed by atoms with Crippen LogP contribution >= 0.6 is 0 Å². The van der Waals surface area contributed by atoms with Gasteiger partial charge >= 0.3 is 0 Å². The fourth-order valence-electron chi connectivity index (χ4n) is 8.59. The van der Waals surface area contributed by atoms with Gasteiger partial charge in [0.2, 0.25) is 0 Å². The summed E-state index contributed by atoms with van der Waals surface area (Å²) in [5.41, 5.74) is 16.4. The normalized spacial score (nSPS) is 12.3. The van der Waals surface area contributed by atoms with Crippen LogP contribution in [0.5, 0.6) is 0 Å². The quantitative estimate of drug-likeness (QED) is 0.153. The Labute approximate surface area is 333 Å². The van der Waals surface area contributed by atoms with Gasteiger partial charge in [0.05, 0.1) is 23.4 Å². The standard InChI is InChI=1S/C54H35N3/c1-55-44-31-33-50-48(35-44)47-34-41(30-32-49(47)54(50,42-20-10-4-11-21-42)43-22-12-5-13-23-43)37-26-28-39(29-27-37)51-36-52(57-53(56-51)40-18-8-3-9-19-40)46-25-15-14-24-45(46)38-16-6-2-7-17-38/h2-36H. The van der Waals surface area contributed by atoms with Crippen LogP contribution in [0.15, 0.2) is 212 Å². The van der Waals surface area contributed by atoms with E-state index < -0.39 is 5.41 Å². The molecule has 1 aromatic heterocycles. The minimum atomic E-state index is -0.517. The summed E-state index contributed by atoms with van der Waals surface area (Å²) >= 11 is 0. The summed E-state index contributed by atoms with van der Waals surface area (Å²) in [4.78, 5) is 14.1. The highest BCUT2D eigenvalue weighted by Crippen LogP contribution is 2.57. The van der Waals surface area contributed by atoms with Crippen molar-refractivity contribution in [2.75, 3.05) is 0 Å². The average molecular weight is 726 g/mol. The van der Waals surface area contributed by atoms with E-state index in [1.807, 2.05) is 30.3 Å². The van der Waals surface area contributed by atoms with E-state index in [0.29, 0.717) is 11.5 Å². The number of aromatic nitrogens is 2. The Morgan fingerprint density at radius 1 is 0.351 bits per heavy atom. The van der Waals surface area contributed by atoms with Crippen LogP contribution in [0.3, 0.4) is 0 Å². The predicted octanol–water partition coefficient (Wildman–Crippen LogP) is 13.7. The molecule has 3 heteroatoms. The van der Waals surface area contributed by atoms with E-state index in [1.54, 1.807) is 0 Å². The number of hydrogen-bond acceptors (Lipinski definition) is 2. The van der Waals surface area contributed by atoms with Crippen LogP contribution in [0.4, 0.5) is 5.69 Å². The average Bonchev–Trinajstić information content (AvgIpc) is 3.59. The molecule has 266 valence electrons. The number of hydrogen-bond donors (Lipinski definition) is 0. The minimum Gasteiger partial charge on any atom is -0.238 e. The smallest absolute Gasteiger partial charge is 0.187 e. The molecule has 0 amide bonds. The molecule has 0 spiro atoms. The van der Waals surface area contributed by atoms with Crippen LogP contribution in [0.25, 0.3) is 72.1 Å². The van der Waals surface area contributed by atoms with Crippen LogP contribution in [-0.4, -0.2) is 9.97 Å². The number of fused-ring (bicyclic) bond motifs is 3. The van der Waals surface area contributed by atoms with Crippen molar-refractivity contribution in [1.29, 1.82) is 0 Å². The van der Waals surface area contributed by atoms with Crippen LogP contribution in [0.2, 0.25) is 0 Å². The molecule has 1 aliphatic carbocycles. The zero-order chi connectivity index (χ0) is 38.2. The van der Waals surface area contributed by atoms with Gasteiger partial charge in [-0.1, -0.05) is 194 Å². The highest BCUT2D eigenvalue weighted by atomic mass is 14.9. The lowest BCUT2D eigenvalue weighted by Crippen LogP contribution is -2.28. The van der Waals surface area contributed by atoms with Crippen molar-refractivity contribution in [3.05, 3.63) is 246 Å². The molecular weight excluding hydrogens is 691 g/mol. The molecule has 0 fully saturated rings. The first-order valence-corrected chi connectivity index (χ1v) is 19.2. The van der Waals surface area contributed by atoms with E-state index >= 15 is 0 Å². The molecule has 0 radical (unpaired) electrons. The van der Waals surface area contributed by atoms with Crippen molar-refractivity contribution < 1.29 is 0 Å². The zero-order valence-corrected chi connectivity index (χ0v) is 31.0. The van der Waals surface area contributed by atoms with Crippen LogP contribution < -0.4 is 0 Å². The molecule has 0 atom stereocenters. The van der Waals surface area contributed by atoms with E-state index in [2.05, 4.69) is 187 Å². The summed E-state index contributed by atoms with van der Waals surface area (Å²) in [5.74, 6) is 0.687. The number of rotatable bonds is 7. The summed E-state index contributed by atoms with van der Waals surface area (Å²) < 4.78 is 0. The Morgan fingerprint density at radius 2 is 0.842 bits per heavy atom. The van der Waals surface area contributed by atoms with Gasteiger partial charge < -0.3 is 0 Å². The maximum atomic E-state index is 7.88. The molecule has 3 nitrogen and oxygen atoms in total. The molecular formula is C54H35N3. The van der Waals surface area contributed by atoms with Gasteiger partial charge in [0.1, 0.15) is 0 Å². The second-order valence-corrected chi connectivity index (χ2v) is 14.4. The molecule has 0 unspecified atom stereocenters. The maximum Gasteiger partial charge on any atom is 0.187 e. The summed E-state index contributed by atoms with van der Waals surface area (Å²) in [6.07, 6.45) is 0. The highest BCUT2D eigenvalue weighted by Gasteiger charge is 2.46. The Bertz CT molecular complexity index is 2890. The van der Waals surface area contributed by atoms with E-state index in [1.165, 1.54) is 22.3 Å². The summed E-state index contributed by atoms with van der Waals surface area (Å²) in [6, 6.07) is 74.5. The fourth-order valence-corrected chi connectivity index (χ4v) is 8.59. The fraction of sp³-hybridized carbons (Fsp3) is 0.0185. The zero-order valence-electron chi connectivity index (χ0n) is 31.0. The van der Waals surface area contributed by atoms with Gasteiger partial charge in [-0.25, -0.2) is 14.8 Å². The lowest BCUT2D eigenvalue weighted by atomic mass is 9.67. The second-order valence-electron chi connectivity index (χ2n) is 14.4. The van der Waals surface area contributed by atoms with Crippen molar-refractivity contribution >= 4 is 5.69 Å². The monoisotopic (exact) mass is 725 g/mol. The molecule has 0 saturated heterocycles. The first-order valence-electron chi connectivity index (χ1n) is 19.2. The molecule has 57 heavy (non-hydrogen) atoms. The molecule has 0 saturated carbocycles. The molecule has 1 aliphatic rings. The van der Waals surface area contributed by atoms with Crippen molar-refractivity contribution in [2.45, 2.75) is 5.41 Å². The van der Waals surface area contributed by atoms with Gasteiger partial charge in [-0.2, -0.15) is 0 Å². The first kappa shape index (κ1) is 33.9. The third kappa shape index (κ3) is 5.84. The number of nitrogens with zero attached hydrogens (tertiary/aromatic N) is 3. The van der Waals surface area contributed by atoms with Crippen LogP contribution in [0.1, 0.15) is 22.3 Å². The van der Waals surface area contributed by atoms with E-state index in [4.69, 9.17) is 16.5 Å². The Morgan fingerprint density at radius 3 is 1.47 bits per heavy atom. The topological polar surface area (TPSA) is 30.1 Å². The number of benzene rings is 8. The van der Waals surface area contributed by atoms with Gasteiger partial charge in [0.15, 0.2) is 11.5 Å². The second kappa shape index (κ2) is 14.2. The maximum absolute atomic E-state index is 7.88. The van der Waals surface area contributed by atoms with Crippen molar-refractivity contribution in [3.8, 4) is 67.3 Å². The molecule has 8 aromatic carbocycles. The Kier molecular flexibility index (Phi) is 8.43. The third-order valence-corrected chi connectivity index (χ3v) is 11.2. The molecule has 1 heterocycles. The SMILES string of the molecule is [C-]#[N+]c1ccc2c(c1)-c1cc(-c3ccc(-c4cc(-c5ccccc5-c5ccccc5)nc(-c5ccccc5)n4)cc3)ccc1C2(c1ccccc1)c1ccccc1. The lowest BCUT2D eigenvalue weighted by molar-refractivity contribution is 0.768. The van der Waals surface area contributed by atoms with E-state index in [0.717, 1.165) is 61.5 Å². The van der Waals surface area contributed by atoms with Gasteiger partial charge in [-0.15, -0.1) is 0 Å². The summed E-state index contributed by atoms with van der Waals surface area (Å²) in [6.45, 7) is 7.88. The predicted molar refractivity (Wildman–Crippen MR) is 233 cm³/mol. The minimum absolute atomic E-state index is 0.517. The molecule has 0 N–H and O–H groups in total. The summed E-state index contributed by atoms with van der Waals surface area (Å²) in [5, 5.41) is 0. The van der Waals surface area contributed by atoms with E-state index in [-0.39, 0.29) is 0 Å². The van der Waals surface area contributed by atoms with Crippen molar-refractivity contribution in [2.24, 2.45) is 0 Å². The molecule has 0 bridgehead atoms. The molecule has 0 aliphatic heterocycles. The third-order valence-electron chi connectivity index (χ3n) is 11.2. The molecule has 9 aromatic rings. The summed E-state index contributed by atoms with van der Waals surface area (Å²) in [7, 11) is 0. The van der Waals surface area contributed by atoms with E-state index in [9.17, 15) is 0 Å². The van der Waals surface area contributed by atoms with Gasteiger partial charge in [-0.3, -0.25) is 0 Å². The first-order chi connectivity index (χ1) is 28.2. The van der Waals surface area contributed by atoms with Crippen LogP contribution in [0, 0.1) is 6.57 Å². The van der Waals surface area contributed by atoms with Gasteiger partial charge in [-0.05, 0) is 73.8 Å². The largest absolute Gasteiger partial charge is 0.238 e. The van der Waals surface area contributed by atoms with Gasteiger partial charge in [0, 0.05) is 16.7 Å². The Hall–Kier alpha value is -7.67. The highest BCUT2D eigenvalue weighted by molar-refractivity contribution is 5.91.